The third-order valence-corrected chi connectivity index (χ3v) is 4.19. The van der Waals surface area contributed by atoms with Crippen LogP contribution in [-0.4, -0.2) is 70.4 Å². The van der Waals surface area contributed by atoms with Crippen LogP contribution in [-0.2, 0) is 4.74 Å². The lowest BCUT2D eigenvalue weighted by Crippen LogP contribution is -2.39. The van der Waals surface area contributed by atoms with E-state index < -0.39 is 0 Å². The van der Waals surface area contributed by atoms with E-state index >= 15 is 0 Å². The zero-order valence-electron chi connectivity index (χ0n) is 15.2. The molecule has 1 aromatic rings. The minimum atomic E-state index is 0. The molecule has 7 heteroatoms. The Kier molecular flexibility index (Phi) is 11.6. The van der Waals surface area contributed by atoms with E-state index in [4.69, 9.17) is 10.5 Å². The van der Waals surface area contributed by atoms with Gasteiger partial charge < -0.3 is 20.7 Å². The van der Waals surface area contributed by atoms with Gasteiger partial charge in [0.05, 0.1) is 13.2 Å². The van der Waals surface area contributed by atoms with Crippen LogP contribution in [0.1, 0.15) is 12.8 Å². The maximum atomic E-state index is 5.91. The lowest BCUT2D eigenvalue weighted by molar-refractivity contribution is 0.0376. The zero-order valence-corrected chi connectivity index (χ0v) is 17.5. The molecule has 1 heterocycles. The summed E-state index contributed by atoms with van der Waals surface area (Å²) in [5, 5.41) is 3.20. The summed E-state index contributed by atoms with van der Waals surface area (Å²) in [4.78, 5) is 9.06. The fourth-order valence-electron chi connectivity index (χ4n) is 2.72. The molecule has 142 valence electrons. The molecular weight excluding hydrogens is 429 g/mol. The zero-order chi connectivity index (χ0) is 17.0. The van der Waals surface area contributed by atoms with Gasteiger partial charge in [0, 0.05) is 45.5 Å². The molecule has 3 N–H and O–H groups in total. The van der Waals surface area contributed by atoms with Crippen molar-refractivity contribution >= 4 is 35.6 Å². The first kappa shape index (κ1) is 22.0. The van der Waals surface area contributed by atoms with Crippen LogP contribution in [0.15, 0.2) is 35.3 Å². The minimum absolute atomic E-state index is 0. The number of halogens is 1. The molecule has 1 fully saturated rings. The number of hydrogen-bond acceptors (Lipinski definition) is 4. The molecule has 0 aliphatic carbocycles. The lowest BCUT2D eigenvalue weighted by Gasteiger charge is -2.26. The van der Waals surface area contributed by atoms with Crippen LogP contribution in [0, 0.1) is 0 Å². The number of anilines is 1. The Morgan fingerprint density at radius 3 is 2.68 bits per heavy atom. The average Bonchev–Trinajstić information content (AvgIpc) is 2.64. The van der Waals surface area contributed by atoms with Gasteiger partial charge in [-0.15, -0.1) is 24.0 Å². The highest BCUT2D eigenvalue weighted by Gasteiger charge is 2.08. The van der Waals surface area contributed by atoms with Crippen molar-refractivity contribution in [3.8, 4) is 0 Å². The van der Waals surface area contributed by atoms with E-state index in [0.717, 1.165) is 65.3 Å². The SMILES string of the molecule is CN(CCCN=C(N)NCCCN1CCOCC1)c1ccccc1.I. The van der Waals surface area contributed by atoms with Crippen molar-refractivity contribution in [3.05, 3.63) is 30.3 Å². The Hall–Kier alpha value is -1.06. The molecule has 1 aromatic carbocycles. The molecule has 0 spiro atoms. The topological polar surface area (TPSA) is 66.1 Å². The predicted molar refractivity (Wildman–Crippen MR) is 116 cm³/mol. The van der Waals surface area contributed by atoms with Crippen molar-refractivity contribution in [1.29, 1.82) is 0 Å². The van der Waals surface area contributed by atoms with Crippen LogP contribution in [0.4, 0.5) is 5.69 Å². The van der Waals surface area contributed by atoms with Crippen LogP contribution in [0.25, 0.3) is 0 Å². The second-order valence-corrected chi connectivity index (χ2v) is 6.11. The fourth-order valence-corrected chi connectivity index (χ4v) is 2.72. The number of benzene rings is 1. The van der Waals surface area contributed by atoms with Gasteiger partial charge in [0.1, 0.15) is 0 Å². The van der Waals surface area contributed by atoms with Crippen molar-refractivity contribution in [3.63, 3.8) is 0 Å². The van der Waals surface area contributed by atoms with Crippen LogP contribution in [0.2, 0.25) is 0 Å². The minimum Gasteiger partial charge on any atom is -0.379 e. The highest BCUT2D eigenvalue weighted by atomic mass is 127. The van der Waals surface area contributed by atoms with Crippen molar-refractivity contribution in [2.45, 2.75) is 12.8 Å². The molecule has 25 heavy (non-hydrogen) atoms. The summed E-state index contributed by atoms with van der Waals surface area (Å²) < 4.78 is 5.34. The maximum absolute atomic E-state index is 5.91. The van der Waals surface area contributed by atoms with Gasteiger partial charge in [-0.05, 0) is 31.5 Å². The Balaban J connectivity index is 0.00000312. The van der Waals surface area contributed by atoms with Gasteiger partial charge in [-0.3, -0.25) is 9.89 Å². The summed E-state index contributed by atoms with van der Waals surface area (Å²) in [5.74, 6) is 0.555. The molecule has 0 saturated carbocycles. The molecule has 0 aromatic heterocycles. The molecule has 1 saturated heterocycles. The normalized spacial score (nSPS) is 15.5. The second kappa shape index (κ2) is 13.2. The lowest BCUT2D eigenvalue weighted by atomic mass is 10.3. The first-order valence-corrected chi connectivity index (χ1v) is 8.86. The monoisotopic (exact) mass is 461 g/mol. The largest absolute Gasteiger partial charge is 0.379 e. The number of morpholine rings is 1. The predicted octanol–water partition coefficient (Wildman–Crippen LogP) is 1.76. The van der Waals surface area contributed by atoms with E-state index in [0.29, 0.717) is 5.96 Å². The third kappa shape index (κ3) is 9.27. The van der Waals surface area contributed by atoms with Crippen molar-refractivity contribution in [2.24, 2.45) is 10.7 Å². The van der Waals surface area contributed by atoms with E-state index in [2.05, 4.69) is 51.4 Å². The summed E-state index contributed by atoms with van der Waals surface area (Å²) in [6.45, 7) is 7.47. The second-order valence-electron chi connectivity index (χ2n) is 6.11. The number of aliphatic imine (C=N–C) groups is 1. The van der Waals surface area contributed by atoms with Gasteiger partial charge in [0.2, 0.25) is 0 Å². The summed E-state index contributed by atoms with van der Waals surface area (Å²) in [6, 6.07) is 10.4. The average molecular weight is 461 g/mol. The Bertz CT molecular complexity index is 480. The Labute approximate surface area is 168 Å². The van der Waals surface area contributed by atoms with Gasteiger partial charge in [-0.1, -0.05) is 18.2 Å². The standard InChI is InChI=1S/C18H31N5O.HI/c1-22(17-7-3-2-4-8-17)11-5-9-20-18(19)21-10-6-12-23-13-15-24-16-14-23;/h2-4,7-8H,5-6,9-16H2,1H3,(H3,19,20,21);1H. The smallest absolute Gasteiger partial charge is 0.188 e. The van der Waals surface area contributed by atoms with Gasteiger partial charge in [-0.2, -0.15) is 0 Å². The molecular formula is C18H32IN5O. The maximum Gasteiger partial charge on any atom is 0.188 e. The van der Waals surface area contributed by atoms with Gasteiger partial charge in [-0.25, -0.2) is 0 Å². The number of guanidine groups is 1. The van der Waals surface area contributed by atoms with Crippen LogP contribution in [0.5, 0.6) is 0 Å². The quantitative estimate of drug-likeness (QED) is 0.254. The van der Waals surface area contributed by atoms with Crippen molar-refractivity contribution in [1.82, 2.24) is 10.2 Å². The van der Waals surface area contributed by atoms with E-state index in [9.17, 15) is 0 Å². The number of nitrogens with one attached hydrogen (secondary N) is 1. The summed E-state index contributed by atoms with van der Waals surface area (Å²) in [6.07, 6.45) is 2.06. The van der Waals surface area contributed by atoms with Crippen molar-refractivity contribution in [2.75, 3.05) is 64.4 Å². The summed E-state index contributed by atoms with van der Waals surface area (Å²) in [5.41, 5.74) is 7.14. The van der Waals surface area contributed by atoms with E-state index in [1.54, 1.807) is 0 Å². The number of hydrogen-bond donors (Lipinski definition) is 2. The number of rotatable bonds is 9. The molecule has 0 atom stereocenters. The first-order valence-electron chi connectivity index (χ1n) is 8.86. The molecule has 2 rings (SSSR count). The fraction of sp³-hybridized carbons (Fsp3) is 0.611. The Morgan fingerprint density at radius 1 is 1.24 bits per heavy atom. The van der Waals surface area contributed by atoms with Crippen LogP contribution >= 0.6 is 24.0 Å². The first-order chi connectivity index (χ1) is 11.8. The van der Waals surface area contributed by atoms with E-state index in [1.165, 1.54) is 5.69 Å². The molecule has 1 aliphatic rings. The number of nitrogens with two attached hydrogens (primary N) is 1. The van der Waals surface area contributed by atoms with E-state index in [-0.39, 0.29) is 24.0 Å². The van der Waals surface area contributed by atoms with Crippen molar-refractivity contribution < 1.29 is 4.74 Å². The highest BCUT2D eigenvalue weighted by Crippen LogP contribution is 2.10. The third-order valence-electron chi connectivity index (χ3n) is 4.19. The summed E-state index contributed by atoms with van der Waals surface area (Å²) in [7, 11) is 2.10. The van der Waals surface area contributed by atoms with Gasteiger partial charge in [0.15, 0.2) is 5.96 Å². The highest BCUT2D eigenvalue weighted by molar-refractivity contribution is 14.0. The van der Waals surface area contributed by atoms with E-state index in [1.807, 2.05) is 6.07 Å². The molecule has 0 bridgehead atoms. The van der Waals surface area contributed by atoms with Crippen LogP contribution in [0.3, 0.4) is 0 Å². The molecule has 1 aliphatic heterocycles. The number of ether oxygens (including phenoxy) is 1. The molecule has 6 nitrogen and oxygen atoms in total. The summed E-state index contributed by atoms with van der Waals surface area (Å²) >= 11 is 0. The molecule has 0 amide bonds. The number of para-hydroxylation sites is 1. The molecule has 0 unspecified atom stereocenters. The van der Waals surface area contributed by atoms with Gasteiger partial charge in [0.25, 0.3) is 0 Å². The Morgan fingerprint density at radius 2 is 1.96 bits per heavy atom. The van der Waals surface area contributed by atoms with Crippen LogP contribution < -0.4 is 16.0 Å². The van der Waals surface area contributed by atoms with Gasteiger partial charge >= 0.3 is 0 Å². The number of nitrogens with zero attached hydrogens (tertiary/aromatic N) is 3. The molecule has 0 radical (unpaired) electrons.